The van der Waals surface area contributed by atoms with Gasteiger partial charge in [0.15, 0.2) is 0 Å². The van der Waals surface area contributed by atoms with Crippen LogP contribution in [0.1, 0.15) is 52.5 Å². The summed E-state index contributed by atoms with van der Waals surface area (Å²) in [6.45, 7) is 8.02. The van der Waals surface area contributed by atoms with Crippen molar-refractivity contribution in [3.63, 3.8) is 0 Å². The van der Waals surface area contributed by atoms with E-state index in [-0.39, 0.29) is 5.91 Å². The van der Waals surface area contributed by atoms with Crippen molar-refractivity contribution in [1.82, 2.24) is 5.01 Å². The van der Waals surface area contributed by atoms with Crippen LogP contribution in [-0.2, 0) is 4.79 Å². The van der Waals surface area contributed by atoms with Gasteiger partial charge in [-0.2, -0.15) is 5.10 Å². The van der Waals surface area contributed by atoms with Crippen molar-refractivity contribution in [2.45, 2.75) is 59.0 Å². The van der Waals surface area contributed by atoms with Crippen LogP contribution in [0.5, 0.6) is 0 Å². The summed E-state index contributed by atoms with van der Waals surface area (Å²) in [7, 11) is 0. The molecule has 1 saturated heterocycles. The quantitative estimate of drug-likeness (QED) is 0.863. The van der Waals surface area contributed by atoms with E-state index in [1.807, 2.05) is 31.2 Å². The van der Waals surface area contributed by atoms with Crippen LogP contribution in [0.3, 0.4) is 0 Å². The molecule has 0 aromatic heterocycles. The third-order valence-electron chi connectivity index (χ3n) is 4.01. The second-order valence-corrected chi connectivity index (χ2v) is 5.96. The third kappa shape index (κ3) is 4.06. The number of hydrogen-bond donors (Lipinski definition) is 1. The van der Waals surface area contributed by atoms with Crippen LogP contribution < -0.4 is 5.32 Å². The molecule has 4 nitrogen and oxygen atoms in total. The molecule has 0 aliphatic carbocycles. The Hall–Kier alpha value is -1.84. The lowest BCUT2D eigenvalue weighted by Gasteiger charge is -2.37. The summed E-state index contributed by atoms with van der Waals surface area (Å²) in [6.07, 6.45) is 3.69. The van der Waals surface area contributed by atoms with Crippen LogP contribution >= 0.6 is 0 Å². The van der Waals surface area contributed by atoms with Gasteiger partial charge < -0.3 is 5.32 Å². The first kappa shape index (κ1) is 15.5. The van der Waals surface area contributed by atoms with Gasteiger partial charge in [-0.1, -0.05) is 12.1 Å². The number of rotatable bonds is 3. The molecule has 0 unspecified atom stereocenters. The number of anilines is 1. The highest BCUT2D eigenvalue weighted by Gasteiger charge is 2.23. The van der Waals surface area contributed by atoms with E-state index >= 15 is 0 Å². The maximum Gasteiger partial charge on any atom is 0.221 e. The number of amides is 1. The molecule has 114 valence electrons. The topological polar surface area (TPSA) is 44.7 Å². The Bertz CT molecular complexity index is 529. The molecule has 4 heteroatoms. The maximum absolute atomic E-state index is 11.1. The zero-order valence-electron chi connectivity index (χ0n) is 13.4. The molecule has 0 bridgehead atoms. The summed E-state index contributed by atoms with van der Waals surface area (Å²) in [5, 5.41) is 9.87. The lowest BCUT2D eigenvalue weighted by Crippen LogP contribution is -2.40. The Morgan fingerprint density at radius 1 is 1.24 bits per heavy atom. The lowest BCUT2D eigenvalue weighted by molar-refractivity contribution is -0.114. The molecule has 21 heavy (non-hydrogen) atoms. The highest BCUT2D eigenvalue weighted by atomic mass is 16.1. The average molecular weight is 287 g/mol. The second kappa shape index (κ2) is 6.74. The fourth-order valence-electron chi connectivity index (χ4n) is 2.86. The predicted octanol–water partition coefficient (Wildman–Crippen LogP) is 3.63. The molecule has 0 saturated carbocycles. The van der Waals surface area contributed by atoms with E-state index in [1.165, 1.54) is 26.2 Å². The summed E-state index contributed by atoms with van der Waals surface area (Å²) in [5.41, 5.74) is 2.85. The van der Waals surface area contributed by atoms with Gasteiger partial charge in [0.05, 0.1) is 5.71 Å². The molecule has 1 amide bonds. The molecule has 0 radical (unpaired) electrons. The van der Waals surface area contributed by atoms with E-state index in [4.69, 9.17) is 5.10 Å². The van der Waals surface area contributed by atoms with Gasteiger partial charge in [-0.05, 0) is 57.7 Å². The van der Waals surface area contributed by atoms with Crippen LogP contribution in [0.15, 0.2) is 29.4 Å². The number of carbonyl (C=O) groups excluding carboxylic acids is 1. The number of benzene rings is 1. The third-order valence-corrected chi connectivity index (χ3v) is 4.01. The molecule has 1 aliphatic rings. The van der Waals surface area contributed by atoms with E-state index in [2.05, 4.69) is 24.2 Å². The number of hydrazone groups is 1. The Balaban J connectivity index is 2.20. The average Bonchev–Trinajstić information content (AvgIpc) is 2.42. The van der Waals surface area contributed by atoms with Crippen molar-refractivity contribution < 1.29 is 4.79 Å². The van der Waals surface area contributed by atoms with Crippen LogP contribution in [-0.4, -0.2) is 28.7 Å². The largest absolute Gasteiger partial charge is 0.326 e. The fraction of sp³-hybridized carbons (Fsp3) is 0.529. The van der Waals surface area contributed by atoms with Crippen LogP contribution in [0.4, 0.5) is 5.69 Å². The molecule has 1 N–H and O–H groups in total. The van der Waals surface area contributed by atoms with E-state index in [1.54, 1.807) is 0 Å². The summed E-state index contributed by atoms with van der Waals surface area (Å²) in [6, 6.07) is 8.82. The minimum atomic E-state index is -0.0555. The highest BCUT2D eigenvalue weighted by Crippen LogP contribution is 2.23. The summed E-state index contributed by atoms with van der Waals surface area (Å²) in [5.74, 6) is -0.0555. The Morgan fingerprint density at radius 2 is 1.90 bits per heavy atom. The summed E-state index contributed by atoms with van der Waals surface area (Å²) >= 11 is 0. The van der Waals surface area contributed by atoms with Crippen molar-refractivity contribution >= 4 is 17.3 Å². The SMILES string of the molecule is CC(=O)Nc1cccc(/C(C)=N\N2[C@@H](C)CCC[C@@H]2C)c1. The number of hydrogen-bond acceptors (Lipinski definition) is 3. The second-order valence-electron chi connectivity index (χ2n) is 5.96. The zero-order valence-corrected chi connectivity index (χ0v) is 13.4. The molecule has 1 aromatic rings. The van der Waals surface area contributed by atoms with Crippen molar-refractivity contribution in [3.8, 4) is 0 Å². The van der Waals surface area contributed by atoms with Gasteiger partial charge in [-0.3, -0.25) is 9.80 Å². The van der Waals surface area contributed by atoms with Gasteiger partial charge in [-0.15, -0.1) is 0 Å². The zero-order chi connectivity index (χ0) is 15.4. The van der Waals surface area contributed by atoms with Crippen LogP contribution in [0.2, 0.25) is 0 Å². The predicted molar refractivity (Wildman–Crippen MR) is 87.6 cm³/mol. The van der Waals surface area contributed by atoms with Gasteiger partial charge >= 0.3 is 0 Å². The molecule has 2 atom stereocenters. The van der Waals surface area contributed by atoms with Gasteiger partial charge in [0, 0.05) is 24.7 Å². The molecule has 0 spiro atoms. The molecule has 1 aliphatic heterocycles. The monoisotopic (exact) mass is 287 g/mol. The normalized spacial score (nSPS) is 23.0. The molecule has 1 heterocycles. The maximum atomic E-state index is 11.1. The van der Waals surface area contributed by atoms with Crippen molar-refractivity contribution in [2.75, 3.05) is 5.32 Å². The number of nitrogens with one attached hydrogen (secondary N) is 1. The van der Waals surface area contributed by atoms with Crippen molar-refractivity contribution in [3.05, 3.63) is 29.8 Å². The Labute approximate surface area is 127 Å². The molecule has 1 aromatic carbocycles. The van der Waals surface area contributed by atoms with E-state index in [0.717, 1.165) is 17.0 Å². The first-order chi connectivity index (χ1) is 9.97. The summed E-state index contributed by atoms with van der Waals surface area (Å²) < 4.78 is 0. The highest BCUT2D eigenvalue weighted by molar-refractivity contribution is 6.00. The summed E-state index contributed by atoms with van der Waals surface area (Å²) in [4.78, 5) is 11.1. The van der Waals surface area contributed by atoms with Crippen LogP contribution in [0.25, 0.3) is 0 Å². The van der Waals surface area contributed by atoms with E-state index in [0.29, 0.717) is 12.1 Å². The van der Waals surface area contributed by atoms with Crippen molar-refractivity contribution in [2.24, 2.45) is 5.10 Å². The Morgan fingerprint density at radius 3 is 2.52 bits per heavy atom. The first-order valence-corrected chi connectivity index (χ1v) is 7.69. The van der Waals surface area contributed by atoms with Crippen molar-refractivity contribution in [1.29, 1.82) is 0 Å². The Kier molecular flexibility index (Phi) is 4.99. The van der Waals surface area contributed by atoms with E-state index in [9.17, 15) is 4.79 Å². The van der Waals surface area contributed by atoms with E-state index < -0.39 is 0 Å². The van der Waals surface area contributed by atoms with Gasteiger partial charge in [0.2, 0.25) is 5.91 Å². The number of nitrogens with zero attached hydrogens (tertiary/aromatic N) is 2. The minimum Gasteiger partial charge on any atom is -0.326 e. The molecular formula is C17H25N3O. The minimum absolute atomic E-state index is 0.0555. The smallest absolute Gasteiger partial charge is 0.221 e. The first-order valence-electron chi connectivity index (χ1n) is 7.69. The number of piperidine rings is 1. The molecular weight excluding hydrogens is 262 g/mol. The van der Waals surface area contributed by atoms with Gasteiger partial charge in [0.25, 0.3) is 0 Å². The molecule has 1 fully saturated rings. The van der Waals surface area contributed by atoms with Gasteiger partial charge in [-0.25, -0.2) is 0 Å². The fourth-order valence-corrected chi connectivity index (χ4v) is 2.86. The van der Waals surface area contributed by atoms with Gasteiger partial charge in [0.1, 0.15) is 0 Å². The molecule has 2 rings (SSSR count). The number of carbonyl (C=O) groups is 1. The van der Waals surface area contributed by atoms with Crippen LogP contribution in [0, 0.1) is 0 Å². The standard InChI is InChI=1S/C17H25N3O/c1-12-7-5-8-13(2)20(12)19-14(3)16-9-6-10-17(11-16)18-15(4)21/h6,9-13H,5,7-8H2,1-4H3,(H,18,21)/b19-14-/t12-,13-/m0/s1. The lowest BCUT2D eigenvalue weighted by atomic mass is 10.00.